The Bertz CT molecular complexity index is 2600. The molecule has 6 atom stereocenters. The van der Waals surface area contributed by atoms with E-state index in [0.717, 1.165) is 46.6 Å². The molecule has 5 heterocycles. The van der Waals surface area contributed by atoms with Crippen LogP contribution in [-0.4, -0.2) is 59.5 Å². The van der Waals surface area contributed by atoms with Gasteiger partial charge in [-0.25, -0.2) is 0 Å². The van der Waals surface area contributed by atoms with E-state index in [0.29, 0.717) is 79.6 Å². The number of aromatic nitrogens is 3. The van der Waals surface area contributed by atoms with Crippen molar-refractivity contribution in [1.29, 1.82) is 0 Å². The Kier molecular flexibility index (Phi) is 11.2. The second kappa shape index (κ2) is 17.1. The van der Waals surface area contributed by atoms with E-state index in [-0.39, 0.29) is 29.9 Å². The number of para-hydroxylation sites is 2. The molecule has 2 saturated carbocycles. The highest BCUT2D eigenvalue weighted by molar-refractivity contribution is 5.42. The number of hydrogen-bond donors (Lipinski definition) is 0. The Morgan fingerprint density at radius 1 is 0.767 bits per heavy atom. The highest BCUT2D eigenvalue weighted by Crippen LogP contribution is 2.57. The number of benzene rings is 2. The summed E-state index contributed by atoms with van der Waals surface area (Å²) in [5.41, 5.74) is 4.97. The SMILES string of the molecule is Cc1cc(OC[C@@H]2COCCO2)cc(=O)n1Cc1cc(C#CC2CC2C2CC2C#Cc2ccc([C@@H](C)n3c(C)cc(OCC4Oc5ccccc5O4)cc3=O)cc2)ccn1. The van der Waals surface area contributed by atoms with Crippen molar-refractivity contribution in [2.45, 2.75) is 58.6 Å². The molecule has 4 aliphatic rings. The minimum absolute atomic E-state index is 0.135. The highest BCUT2D eigenvalue weighted by atomic mass is 16.7. The van der Waals surface area contributed by atoms with Gasteiger partial charge in [0.25, 0.3) is 17.4 Å². The first-order valence-corrected chi connectivity index (χ1v) is 20.6. The quantitative estimate of drug-likeness (QED) is 0.142. The maximum Gasteiger partial charge on any atom is 0.275 e. The molecular formula is C49H47N3O8. The molecule has 3 aromatic heterocycles. The van der Waals surface area contributed by atoms with Gasteiger partial charge in [-0.1, -0.05) is 47.9 Å². The molecule has 3 fully saturated rings. The monoisotopic (exact) mass is 805 g/mol. The van der Waals surface area contributed by atoms with Gasteiger partial charge >= 0.3 is 0 Å². The van der Waals surface area contributed by atoms with Gasteiger partial charge in [0.15, 0.2) is 18.1 Å². The van der Waals surface area contributed by atoms with Gasteiger partial charge in [-0.05, 0) is 99.5 Å². The van der Waals surface area contributed by atoms with Crippen LogP contribution in [0.2, 0.25) is 0 Å². The van der Waals surface area contributed by atoms with Crippen LogP contribution in [0.1, 0.15) is 59.6 Å². The molecule has 2 aliphatic heterocycles. The maximum absolute atomic E-state index is 13.3. The molecule has 0 spiro atoms. The van der Waals surface area contributed by atoms with Gasteiger partial charge in [-0.2, -0.15) is 0 Å². The zero-order valence-corrected chi connectivity index (χ0v) is 34.0. The summed E-state index contributed by atoms with van der Waals surface area (Å²) in [6.07, 6.45) is 3.27. The fraction of sp³-hybridized carbons (Fsp3) is 0.367. The molecule has 11 heteroatoms. The summed E-state index contributed by atoms with van der Waals surface area (Å²) in [5.74, 6) is 18.1. The Morgan fingerprint density at radius 3 is 2.10 bits per heavy atom. The fourth-order valence-electron chi connectivity index (χ4n) is 8.11. The van der Waals surface area contributed by atoms with E-state index < -0.39 is 6.29 Å². The molecule has 0 N–H and O–H groups in total. The van der Waals surface area contributed by atoms with Crippen molar-refractivity contribution in [2.75, 3.05) is 33.0 Å². The zero-order chi connectivity index (χ0) is 41.2. The lowest BCUT2D eigenvalue weighted by Gasteiger charge is -2.23. The third kappa shape index (κ3) is 9.13. The number of hydrogen-bond acceptors (Lipinski definition) is 9. The summed E-state index contributed by atoms with van der Waals surface area (Å²) in [4.78, 5) is 30.8. The highest BCUT2D eigenvalue weighted by Gasteiger charge is 2.52. The van der Waals surface area contributed by atoms with Gasteiger partial charge < -0.3 is 37.6 Å². The molecule has 4 unspecified atom stereocenters. The normalized spacial score (nSPS) is 21.8. The average Bonchev–Trinajstić information content (AvgIpc) is 4.17. The predicted molar refractivity (Wildman–Crippen MR) is 224 cm³/mol. The van der Waals surface area contributed by atoms with Gasteiger partial charge in [0.2, 0.25) is 0 Å². The van der Waals surface area contributed by atoms with Crippen LogP contribution in [-0.2, 0) is 16.0 Å². The summed E-state index contributed by atoms with van der Waals surface area (Å²) < 4.78 is 37.8. The van der Waals surface area contributed by atoms with Crippen LogP contribution in [0.5, 0.6) is 23.0 Å². The minimum atomic E-state index is -0.567. The number of fused-ring (bicyclic) bond motifs is 1. The van der Waals surface area contributed by atoms with E-state index in [1.54, 1.807) is 15.3 Å². The maximum atomic E-state index is 13.3. The molecule has 1 saturated heterocycles. The van der Waals surface area contributed by atoms with Crippen molar-refractivity contribution in [3.05, 3.63) is 146 Å². The first kappa shape index (κ1) is 39.2. The number of nitrogens with zero attached hydrogens (tertiary/aromatic N) is 3. The van der Waals surface area contributed by atoms with Gasteiger partial charge in [0.05, 0.1) is 38.1 Å². The van der Waals surface area contributed by atoms with E-state index in [4.69, 9.17) is 28.4 Å². The number of pyridine rings is 3. The van der Waals surface area contributed by atoms with E-state index in [1.165, 1.54) is 12.1 Å². The third-order valence-corrected chi connectivity index (χ3v) is 11.6. The van der Waals surface area contributed by atoms with Crippen LogP contribution in [0.4, 0.5) is 0 Å². The Morgan fingerprint density at radius 2 is 1.43 bits per heavy atom. The van der Waals surface area contributed by atoms with Crippen molar-refractivity contribution in [1.82, 2.24) is 14.1 Å². The first-order valence-electron chi connectivity index (χ1n) is 20.6. The Labute approximate surface area is 349 Å². The molecule has 306 valence electrons. The summed E-state index contributed by atoms with van der Waals surface area (Å²) in [7, 11) is 0. The number of aryl methyl sites for hydroxylation is 2. The predicted octanol–water partition coefficient (Wildman–Crippen LogP) is 6.33. The van der Waals surface area contributed by atoms with Crippen LogP contribution in [0.15, 0.2) is 101 Å². The Hall–Kier alpha value is -6.27. The van der Waals surface area contributed by atoms with Crippen molar-refractivity contribution >= 4 is 0 Å². The van der Waals surface area contributed by atoms with Gasteiger partial charge in [0.1, 0.15) is 24.2 Å². The lowest BCUT2D eigenvalue weighted by Crippen LogP contribution is -2.33. The first-order chi connectivity index (χ1) is 29.2. The standard InChI is InChI=1S/C49H47N3O8/c1-31-20-40(57-29-42-28-55-18-19-56-42)25-47(53)51(31)27-39-22-35(16-17-50-39)11-15-38-24-44(38)43-23-37(43)14-10-34-8-12-36(13-9-34)33(3)52-32(2)21-41(26-48(52)54)58-30-49-59-45-6-4-5-7-46(45)60-49/h4-9,12-13,16-17,20-22,25-26,33,37-38,42-44,49H,18-19,23-24,27-30H2,1-3H3/t33-,37?,38?,42+,43?,44?/m1/s1. The van der Waals surface area contributed by atoms with E-state index in [9.17, 15) is 9.59 Å². The molecule has 2 aromatic carbocycles. The molecule has 2 aliphatic carbocycles. The minimum Gasteiger partial charge on any atom is -0.491 e. The van der Waals surface area contributed by atoms with Crippen molar-refractivity contribution in [3.8, 4) is 46.7 Å². The van der Waals surface area contributed by atoms with Gasteiger partial charge in [-0.3, -0.25) is 14.6 Å². The molecule has 9 rings (SSSR count). The molecule has 11 nitrogen and oxygen atoms in total. The Balaban J connectivity index is 0.746. The lowest BCUT2D eigenvalue weighted by atomic mass is 10.0. The van der Waals surface area contributed by atoms with Gasteiger partial charge in [0, 0.05) is 52.7 Å². The molecule has 0 radical (unpaired) electrons. The van der Waals surface area contributed by atoms with Crippen LogP contribution >= 0.6 is 0 Å². The summed E-state index contributed by atoms with van der Waals surface area (Å²) in [6, 6.07) is 26.1. The molecule has 0 amide bonds. The van der Waals surface area contributed by atoms with Crippen molar-refractivity contribution in [3.63, 3.8) is 0 Å². The summed E-state index contributed by atoms with van der Waals surface area (Å²) in [5, 5.41) is 0. The molecular weight excluding hydrogens is 759 g/mol. The van der Waals surface area contributed by atoms with E-state index in [2.05, 4.69) is 40.8 Å². The topological polar surface area (TPSA) is 112 Å². The largest absolute Gasteiger partial charge is 0.491 e. The van der Waals surface area contributed by atoms with Crippen molar-refractivity contribution in [2.24, 2.45) is 23.7 Å². The van der Waals surface area contributed by atoms with Crippen LogP contribution in [0.3, 0.4) is 0 Å². The van der Waals surface area contributed by atoms with Crippen LogP contribution < -0.4 is 30.1 Å². The van der Waals surface area contributed by atoms with E-state index in [1.807, 2.05) is 81.4 Å². The van der Waals surface area contributed by atoms with Crippen molar-refractivity contribution < 1.29 is 28.4 Å². The molecule has 60 heavy (non-hydrogen) atoms. The fourth-order valence-corrected chi connectivity index (χ4v) is 8.11. The second-order valence-electron chi connectivity index (χ2n) is 16.0. The summed E-state index contributed by atoms with van der Waals surface area (Å²) >= 11 is 0. The molecule has 5 aromatic rings. The molecule has 0 bridgehead atoms. The van der Waals surface area contributed by atoms with Crippen LogP contribution in [0.25, 0.3) is 0 Å². The number of ether oxygens (including phenoxy) is 6. The summed E-state index contributed by atoms with van der Waals surface area (Å²) in [6.45, 7) is 8.32. The zero-order valence-electron chi connectivity index (χ0n) is 34.0. The van der Waals surface area contributed by atoms with Gasteiger partial charge in [-0.15, -0.1) is 0 Å². The lowest BCUT2D eigenvalue weighted by molar-refractivity contribution is -0.101. The second-order valence-corrected chi connectivity index (χ2v) is 16.0. The van der Waals surface area contributed by atoms with Crippen LogP contribution in [0, 0.1) is 61.2 Å². The average molecular weight is 806 g/mol. The number of rotatable bonds is 11. The third-order valence-electron chi connectivity index (χ3n) is 11.6. The van der Waals surface area contributed by atoms with E-state index >= 15 is 0 Å². The smallest absolute Gasteiger partial charge is 0.275 e.